The maximum atomic E-state index is 5.05. The van der Waals surface area contributed by atoms with E-state index in [0.717, 1.165) is 11.3 Å². The van der Waals surface area contributed by atoms with E-state index in [0.29, 0.717) is 0 Å². The third-order valence-electron chi connectivity index (χ3n) is 6.58. The fraction of sp³-hybridized carbons (Fsp3) is 0.318. The first-order chi connectivity index (χ1) is 12.9. The molecule has 2 aliphatic rings. The Kier molecular flexibility index (Phi) is 2.51. The highest BCUT2D eigenvalue weighted by Crippen LogP contribution is 2.45. The van der Waals surface area contributed by atoms with Gasteiger partial charge < -0.3 is 0 Å². The average Bonchev–Trinajstić information content (AvgIpc) is 3.25. The van der Waals surface area contributed by atoms with Crippen molar-refractivity contribution in [2.45, 2.75) is 39.3 Å². The van der Waals surface area contributed by atoms with E-state index < -0.39 is 0 Å². The first-order valence-corrected chi connectivity index (χ1v) is 9.53. The summed E-state index contributed by atoms with van der Waals surface area (Å²) >= 11 is 0. The quantitative estimate of drug-likeness (QED) is 0.442. The molecule has 2 aromatic carbocycles. The van der Waals surface area contributed by atoms with E-state index in [-0.39, 0.29) is 11.6 Å². The lowest BCUT2D eigenvalue weighted by molar-refractivity contribution is -0.509. The molecule has 0 amide bonds. The molecule has 6 rings (SSSR count). The summed E-state index contributed by atoms with van der Waals surface area (Å²) in [5, 5.41) is 0. The molecule has 0 radical (unpaired) electrons. The second-order valence-corrected chi connectivity index (χ2v) is 8.45. The van der Waals surface area contributed by atoms with Crippen molar-refractivity contribution in [2.24, 2.45) is 0 Å². The van der Waals surface area contributed by atoms with E-state index in [4.69, 9.17) is 4.98 Å². The van der Waals surface area contributed by atoms with Crippen LogP contribution < -0.4 is 0 Å². The van der Waals surface area contributed by atoms with Gasteiger partial charge >= 0.3 is 5.84 Å². The molecule has 134 valence electrons. The molecule has 5 nitrogen and oxygen atoms in total. The molecule has 0 fully saturated rings. The van der Waals surface area contributed by atoms with Crippen LogP contribution in [0, 0.1) is 6.92 Å². The lowest BCUT2D eigenvalue weighted by Gasteiger charge is -2.32. The van der Waals surface area contributed by atoms with Crippen molar-refractivity contribution in [3.05, 3.63) is 42.0 Å². The van der Waals surface area contributed by atoms with Crippen LogP contribution in [0.4, 0.5) is 5.69 Å². The molecule has 27 heavy (non-hydrogen) atoms. The van der Waals surface area contributed by atoms with Gasteiger partial charge in [0.2, 0.25) is 17.7 Å². The summed E-state index contributed by atoms with van der Waals surface area (Å²) in [7, 11) is 2.15. The molecule has 2 aliphatic heterocycles. The summed E-state index contributed by atoms with van der Waals surface area (Å²) in [4.78, 5) is 5.05. The summed E-state index contributed by atoms with van der Waals surface area (Å²) < 4.78 is 9.57. The van der Waals surface area contributed by atoms with Crippen molar-refractivity contribution in [2.75, 3.05) is 7.05 Å². The van der Waals surface area contributed by atoms with E-state index in [2.05, 4.69) is 95.5 Å². The molecule has 4 aromatic rings. The molecule has 5 heteroatoms. The van der Waals surface area contributed by atoms with Crippen LogP contribution in [0.5, 0.6) is 0 Å². The minimum Gasteiger partial charge on any atom is -0.291 e. The van der Waals surface area contributed by atoms with Gasteiger partial charge in [-0.05, 0) is 39.0 Å². The van der Waals surface area contributed by atoms with Crippen molar-refractivity contribution in [1.82, 2.24) is 14.0 Å². The van der Waals surface area contributed by atoms with Crippen LogP contribution in [0.3, 0.4) is 0 Å². The number of benzene rings is 2. The van der Waals surface area contributed by atoms with Crippen LogP contribution in [0.1, 0.15) is 26.3 Å². The van der Waals surface area contributed by atoms with Crippen LogP contribution in [-0.2, 0) is 5.54 Å². The number of amidine groups is 1. The molecule has 0 aliphatic carbocycles. The predicted octanol–water partition coefficient (Wildman–Crippen LogP) is 3.66. The molecular weight excluding hydrogens is 334 g/mol. The number of fused-ring (bicyclic) bond motifs is 7. The largest absolute Gasteiger partial charge is 0.415 e. The number of para-hydroxylation sites is 2. The summed E-state index contributed by atoms with van der Waals surface area (Å²) in [6.45, 7) is 9.09. The molecule has 0 N–H and O–H groups in total. The highest BCUT2D eigenvalue weighted by atomic mass is 15.3. The number of hydrogen-bond acceptors (Lipinski definition) is 1. The van der Waals surface area contributed by atoms with Gasteiger partial charge in [-0.1, -0.05) is 18.2 Å². The smallest absolute Gasteiger partial charge is 0.291 e. The second kappa shape index (κ2) is 4.47. The molecule has 2 aromatic heterocycles. The number of aryl methyl sites for hydroxylation is 1. The van der Waals surface area contributed by atoms with Crippen molar-refractivity contribution in [3.8, 4) is 0 Å². The molecular formula is C22H23N5+2. The Morgan fingerprint density at radius 1 is 1.04 bits per heavy atom. The van der Waals surface area contributed by atoms with Gasteiger partial charge in [-0.15, -0.1) is 9.15 Å². The molecule has 1 unspecified atom stereocenters. The lowest BCUT2D eigenvalue weighted by Crippen LogP contribution is -2.48. The second-order valence-electron chi connectivity index (χ2n) is 8.45. The summed E-state index contributed by atoms with van der Waals surface area (Å²) in [5.74, 6) is 2.31. The van der Waals surface area contributed by atoms with Crippen LogP contribution in [-0.4, -0.2) is 48.2 Å². The number of rotatable bonds is 0. The minimum atomic E-state index is -0.128. The fourth-order valence-electron chi connectivity index (χ4n) is 5.11. The summed E-state index contributed by atoms with van der Waals surface area (Å²) in [5.41, 5.74) is 7.22. The summed E-state index contributed by atoms with van der Waals surface area (Å²) in [6, 6.07) is 13.2. The topological polar surface area (TPSA) is 28.2 Å². The Balaban J connectivity index is 1.93. The molecule has 4 heterocycles. The van der Waals surface area contributed by atoms with Crippen LogP contribution in [0.25, 0.3) is 27.8 Å². The van der Waals surface area contributed by atoms with Gasteiger partial charge in [-0.25, -0.2) is 4.98 Å². The zero-order chi connectivity index (χ0) is 18.7. The van der Waals surface area contributed by atoms with Crippen molar-refractivity contribution in [3.63, 3.8) is 0 Å². The zero-order valence-corrected chi connectivity index (χ0v) is 16.4. The van der Waals surface area contributed by atoms with E-state index in [1.54, 1.807) is 0 Å². The third kappa shape index (κ3) is 1.55. The third-order valence-corrected chi connectivity index (χ3v) is 6.58. The fourth-order valence-corrected chi connectivity index (χ4v) is 5.11. The van der Waals surface area contributed by atoms with Gasteiger partial charge in [0, 0.05) is 5.56 Å². The van der Waals surface area contributed by atoms with Crippen molar-refractivity contribution in [1.29, 1.82) is 0 Å². The van der Waals surface area contributed by atoms with Crippen LogP contribution in [0.15, 0.2) is 36.4 Å². The number of imidazole rings is 2. The van der Waals surface area contributed by atoms with Gasteiger partial charge in [-0.3, -0.25) is 8.97 Å². The maximum absolute atomic E-state index is 5.05. The standard InChI is InChI=1S/C22H23N5/c1-13-10-11-17-20-19(13)25-14(2)24(5)12-18(25)22(3,4)27(20)21-23-15-8-6-7-9-16(15)26(17)21/h6-12,18H,1-5H3/q+2. The maximum Gasteiger partial charge on any atom is 0.415 e. The van der Waals surface area contributed by atoms with E-state index >= 15 is 0 Å². The summed E-state index contributed by atoms with van der Waals surface area (Å²) in [6.07, 6.45) is 2.34. The van der Waals surface area contributed by atoms with Gasteiger partial charge in [-0.2, -0.15) is 0 Å². The minimum absolute atomic E-state index is 0.128. The van der Waals surface area contributed by atoms with Crippen molar-refractivity contribution >= 4 is 45.6 Å². The van der Waals surface area contributed by atoms with E-state index in [1.807, 2.05) is 0 Å². The Labute approximate surface area is 157 Å². The monoisotopic (exact) mass is 357 g/mol. The zero-order valence-electron chi connectivity index (χ0n) is 16.4. The Morgan fingerprint density at radius 2 is 1.81 bits per heavy atom. The highest BCUT2D eigenvalue weighted by molar-refractivity contribution is 5.98. The number of nitrogens with zero attached hydrogens (tertiary/aromatic N) is 5. The van der Waals surface area contributed by atoms with Crippen molar-refractivity contribution < 1.29 is 9.15 Å². The van der Waals surface area contributed by atoms with Crippen LogP contribution >= 0.6 is 0 Å². The van der Waals surface area contributed by atoms with Crippen LogP contribution in [0.2, 0.25) is 0 Å². The predicted molar refractivity (Wildman–Crippen MR) is 109 cm³/mol. The SMILES string of the molecule is CC1=[N+]2c3c(C)ccc4c3n(c3nc5ccccc5n43)C(C)(C)C2C=[N+]1C. The normalized spacial score (nSPS) is 20.8. The Hall–Kier alpha value is -2.95. The number of aromatic nitrogens is 3. The number of hydrogen-bond donors (Lipinski definition) is 0. The Morgan fingerprint density at radius 3 is 2.63 bits per heavy atom. The first kappa shape index (κ1) is 15.1. The first-order valence-electron chi connectivity index (χ1n) is 9.53. The molecule has 0 saturated heterocycles. The molecule has 0 bridgehead atoms. The molecule has 1 atom stereocenters. The van der Waals surface area contributed by atoms with E-state index in [1.165, 1.54) is 33.6 Å². The van der Waals surface area contributed by atoms with Gasteiger partial charge in [0.05, 0.1) is 23.5 Å². The lowest BCUT2D eigenvalue weighted by atomic mass is 9.90. The van der Waals surface area contributed by atoms with E-state index in [9.17, 15) is 0 Å². The Bertz CT molecular complexity index is 1380. The van der Waals surface area contributed by atoms with Gasteiger partial charge in [0.15, 0.2) is 0 Å². The highest BCUT2D eigenvalue weighted by Gasteiger charge is 2.55. The average molecular weight is 357 g/mol. The van der Waals surface area contributed by atoms with Gasteiger partial charge in [0.1, 0.15) is 18.1 Å². The molecule has 0 spiro atoms. The van der Waals surface area contributed by atoms with Gasteiger partial charge in [0.25, 0.3) is 6.04 Å². The molecule has 0 saturated carbocycles.